The Labute approximate surface area is 465 Å². The van der Waals surface area contributed by atoms with E-state index in [0.717, 1.165) is 33.4 Å². The molecule has 0 spiro atoms. The zero-order valence-corrected chi connectivity index (χ0v) is 45.3. The second-order valence-electron chi connectivity index (χ2n) is 17.1. The van der Waals surface area contributed by atoms with Gasteiger partial charge < -0.3 is 44.4 Å². The lowest BCUT2D eigenvalue weighted by molar-refractivity contribution is -0.128. The van der Waals surface area contributed by atoms with Crippen molar-refractivity contribution in [1.29, 1.82) is 0 Å². The van der Waals surface area contributed by atoms with Crippen molar-refractivity contribution >= 4 is 87.3 Å². The van der Waals surface area contributed by atoms with Gasteiger partial charge in [0.25, 0.3) is 17.7 Å². The average molecular weight is 1130 g/mol. The van der Waals surface area contributed by atoms with E-state index in [2.05, 4.69) is 16.0 Å². The minimum atomic E-state index is -0.820. The third-order valence-corrected chi connectivity index (χ3v) is 12.7. The van der Waals surface area contributed by atoms with Crippen LogP contribution < -0.4 is 44.4 Å². The predicted octanol–water partition coefficient (Wildman–Crippen LogP) is 13.6. The SMILES string of the molecule is CC(Oc1ccc(Cl)cc1Cl)C(=O)NCc1cccc(OCc2cc(COc3cccc(CNC(=O)C(C)Oc4ccc(Cl)cc4Cl)c3)cc(COc3cccc(CNC(=O)C(C)Oc4ccc(Cl)cc4Cl)c3)c2)c1. The Morgan fingerprint density at radius 1 is 0.373 bits per heavy atom. The van der Waals surface area contributed by atoms with Gasteiger partial charge in [-0.15, -0.1) is 0 Å². The molecule has 0 fully saturated rings. The molecule has 7 aromatic rings. The lowest BCUT2D eigenvalue weighted by Crippen LogP contribution is -2.35. The normalized spacial score (nSPS) is 12.1. The molecule has 0 radical (unpaired) electrons. The molecular formula is C57H51Cl6N3O9. The quantitative estimate of drug-likeness (QED) is 0.0539. The number of amides is 3. The van der Waals surface area contributed by atoms with Crippen LogP contribution in [0.5, 0.6) is 34.5 Å². The zero-order valence-electron chi connectivity index (χ0n) is 40.8. The maximum atomic E-state index is 13.0. The van der Waals surface area contributed by atoms with Crippen molar-refractivity contribution in [3.8, 4) is 34.5 Å². The van der Waals surface area contributed by atoms with Crippen LogP contribution in [-0.4, -0.2) is 36.0 Å². The van der Waals surface area contributed by atoms with E-state index in [0.29, 0.717) is 64.6 Å². The molecular weight excluding hydrogens is 1080 g/mol. The maximum Gasteiger partial charge on any atom is 0.261 e. The largest absolute Gasteiger partial charge is 0.489 e. The Kier molecular flexibility index (Phi) is 20.5. The standard InChI is InChI=1S/C57H51Cl6N3O9/c1-34(73-52-16-13-43(58)25-49(52)61)55(67)64-28-37-7-4-10-46(22-37)70-31-40-19-41(32-71-47-11-5-8-38(23-47)29-65-56(68)35(2)74-53-17-14-44(59)26-50(53)62)21-42(20-40)33-72-48-12-6-9-39(24-48)30-66-57(69)36(3)75-54-18-15-45(60)27-51(54)63/h4-27,34-36H,28-33H2,1-3H3,(H,64,67)(H,65,68)(H,66,69). The molecule has 0 aliphatic heterocycles. The zero-order chi connectivity index (χ0) is 53.4. The molecule has 0 aromatic heterocycles. The first-order chi connectivity index (χ1) is 36.0. The van der Waals surface area contributed by atoms with Gasteiger partial charge in [-0.1, -0.05) is 106 Å². The molecule has 18 heteroatoms. The molecule has 7 aromatic carbocycles. The van der Waals surface area contributed by atoms with Gasteiger partial charge in [0.15, 0.2) is 18.3 Å². The van der Waals surface area contributed by atoms with E-state index in [9.17, 15) is 14.4 Å². The highest BCUT2D eigenvalue weighted by Gasteiger charge is 2.19. The van der Waals surface area contributed by atoms with Crippen molar-refractivity contribution < 1.29 is 42.8 Å². The molecule has 3 atom stereocenters. The molecule has 75 heavy (non-hydrogen) atoms. The number of rotatable bonds is 24. The van der Waals surface area contributed by atoms with Gasteiger partial charge >= 0.3 is 0 Å². The van der Waals surface area contributed by atoms with Crippen molar-refractivity contribution in [2.75, 3.05) is 0 Å². The van der Waals surface area contributed by atoms with Crippen LogP contribution >= 0.6 is 69.6 Å². The topological polar surface area (TPSA) is 143 Å². The van der Waals surface area contributed by atoms with Gasteiger partial charge in [0.1, 0.15) is 54.3 Å². The summed E-state index contributed by atoms with van der Waals surface area (Å²) in [7, 11) is 0. The van der Waals surface area contributed by atoms with Crippen LogP contribution in [0.4, 0.5) is 0 Å². The number of hydrogen-bond acceptors (Lipinski definition) is 9. The highest BCUT2D eigenvalue weighted by molar-refractivity contribution is 6.36. The summed E-state index contributed by atoms with van der Waals surface area (Å²) in [5.74, 6) is 1.85. The number of carbonyl (C=O) groups is 3. The van der Waals surface area contributed by atoms with Gasteiger partial charge in [0, 0.05) is 34.7 Å². The Bertz CT molecular complexity index is 2790. The summed E-state index contributed by atoms with van der Waals surface area (Å²) in [5.41, 5.74) is 4.98. The first kappa shape index (κ1) is 56.2. The number of carbonyl (C=O) groups excluding carboxylic acids is 3. The molecule has 7 rings (SSSR count). The molecule has 12 nitrogen and oxygen atoms in total. The summed E-state index contributed by atoms with van der Waals surface area (Å²) in [6.07, 6.45) is -2.46. The fourth-order valence-corrected chi connectivity index (χ4v) is 8.63. The number of benzene rings is 7. The summed E-state index contributed by atoms with van der Waals surface area (Å²) >= 11 is 36.7. The molecule has 0 aliphatic rings. The van der Waals surface area contributed by atoms with E-state index in [-0.39, 0.29) is 57.2 Å². The molecule has 3 N–H and O–H groups in total. The van der Waals surface area contributed by atoms with Gasteiger partial charge in [-0.3, -0.25) is 14.4 Å². The first-order valence-corrected chi connectivity index (χ1v) is 25.8. The lowest BCUT2D eigenvalue weighted by Gasteiger charge is -2.16. The number of hydrogen-bond donors (Lipinski definition) is 3. The van der Waals surface area contributed by atoms with Crippen LogP contribution in [0.15, 0.2) is 146 Å². The van der Waals surface area contributed by atoms with Gasteiger partial charge in [-0.2, -0.15) is 0 Å². The molecule has 0 bridgehead atoms. The third-order valence-electron chi connectivity index (χ3n) is 11.1. The van der Waals surface area contributed by atoms with E-state index in [1.807, 2.05) is 91.0 Å². The molecule has 390 valence electrons. The third kappa shape index (κ3) is 17.5. The molecule has 3 amide bonds. The summed E-state index contributed by atoms with van der Waals surface area (Å²) < 4.78 is 36.3. The molecule has 0 aliphatic carbocycles. The Morgan fingerprint density at radius 3 is 0.920 bits per heavy atom. The average Bonchev–Trinajstić information content (AvgIpc) is 3.39. The van der Waals surface area contributed by atoms with Crippen molar-refractivity contribution in [2.24, 2.45) is 0 Å². The lowest BCUT2D eigenvalue weighted by atomic mass is 10.1. The predicted molar refractivity (Wildman–Crippen MR) is 294 cm³/mol. The van der Waals surface area contributed by atoms with Crippen LogP contribution in [0, 0.1) is 0 Å². The fourth-order valence-electron chi connectivity index (χ4n) is 7.27. The fraction of sp³-hybridized carbons (Fsp3) is 0.211. The van der Waals surface area contributed by atoms with Crippen molar-refractivity contribution in [3.05, 3.63) is 209 Å². The Balaban J connectivity index is 0.986. The van der Waals surface area contributed by atoms with Gasteiger partial charge in [-0.25, -0.2) is 0 Å². The summed E-state index contributed by atoms with van der Waals surface area (Å²) in [6, 6.07) is 42.7. The van der Waals surface area contributed by atoms with Gasteiger partial charge in [0.2, 0.25) is 0 Å². The molecule has 0 heterocycles. The summed E-state index contributed by atoms with van der Waals surface area (Å²) in [6.45, 7) is 6.20. The maximum absolute atomic E-state index is 13.0. The van der Waals surface area contributed by atoms with E-state index in [1.165, 1.54) is 0 Å². The van der Waals surface area contributed by atoms with Crippen LogP contribution in [0.2, 0.25) is 30.1 Å². The number of halogens is 6. The van der Waals surface area contributed by atoms with Crippen LogP contribution in [0.1, 0.15) is 54.2 Å². The molecule has 3 unspecified atom stereocenters. The second-order valence-corrected chi connectivity index (χ2v) is 19.7. The van der Waals surface area contributed by atoms with E-state index < -0.39 is 18.3 Å². The molecule has 0 saturated heterocycles. The van der Waals surface area contributed by atoms with Crippen LogP contribution in [0.25, 0.3) is 0 Å². The smallest absolute Gasteiger partial charge is 0.261 e. The highest BCUT2D eigenvalue weighted by atomic mass is 35.5. The Hall–Kier alpha value is -6.51. The van der Waals surface area contributed by atoms with E-state index in [4.69, 9.17) is 98.0 Å². The van der Waals surface area contributed by atoms with E-state index in [1.54, 1.807) is 75.4 Å². The van der Waals surface area contributed by atoms with Gasteiger partial charge in [0.05, 0.1) is 15.1 Å². The van der Waals surface area contributed by atoms with Crippen LogP contribution in [-0.2, 0) is 53.8 Å². The summed E-state index contributed by atoms with van der Waals surface area (Å²) in [4.78, 5) is 38.9. The first-order valence-electron chi connectivity index (χ1n) is 23.5. The van der Waals surface area contributed by atoms with Gasteiger partial charge in [-0.05, 0) is 163 Å². The van der Waals surface area contributed by atoms with Crippen LogP contribution in [0.3, 0.4) is 0 Å². The molecule has 0 saturated carbocycles. The highest BCUT2D eigenvalue weighted by Crippen LogP contribution is 2.31. The van der Waals surface area contributed by atoms with E-state index >= 15 is 0 Å². The minimum Gasteiger partial charge on any atom is -0.489 e. The minimum absolute atomic E-state index is 0.201. The number of nitrogens with one attached hydrogen (secondary N) is 3. The monoisotopic (exact) mass is 1130 g/mol. The summed E-state index contributed by atoms with van der Waals surface area (Å²) in [5, 5.41) is 11.0. The number of ether oxygens (including phenoxy) is 6. The van der Waals surface area contributed by atoms with Crippen molar-refractivity contribution in [1.82, 2.24) is 16.0 Å². The second kappa shape index (κ2) is 27.3. The Morgan fingerprint density at radius 2 is 0.653 bits per heavy atom. The van der Waals surface area contributed by atoms with Crippen molar-refractivity contribution in [2.45, 2.75) is 78.5 Å². The van der Waals surface area contributed by atoms with Crippen molar-refractivity contribution in [3.63, 3.8) is 0 Å².